The summed E-state index contributed by atoms with van der Waals surface area (Å²) in [4.78, 5) is 55.7. The summed E-state index contributed by atoms with van der Waals surface area (Å²) in [5.74, 6) is -2.64. The Morgan fingerprint density at radius 1 is 0.795 bits per heavy atom. The molecule has 0 aliphatic carbocycles. The Hall–Kier alpha value is -2.81. The minimum atomic E-state index is -1.46. The lowest BCUT2D eigenvalue weighted by molar-refractivity contribution is -0.176. The van der Waals surface area contributed by atoms with Gasteiger partial charge >= 0.3 is 17.9 Å². The first-order valence-electron chi connectivity index (χ1n) is 13.3. The molecule has 1 rings (SSSR count). The molecule has 0 aromatic rings. The number of hydrogen-bond acceptors (Lipinski definition) is 9. The molecule has 2 atom stereocenters. The SMILES string of the molecule is C1CCOC1.CC(=O)OC(C(C)=O)C(=O)OC(C)(C)C.CC(=O)OC(C)(C/C=C(/C)CCC=C(C)C)C(C)=O. The Morgan fingerprint density at radius 3 is 1.67 bits per heavy atom. The number of ketones is 2. The molecule has 1 heterocycles. The van der Waals surface area contributed by atoms with Crippen LogP contribution in [0.3, 0.4) is 0 Å². The molecule has 9 heteroatoms. The van der Waals surface area contributed by atoms with Crippen molar-refractivity contribution < 1.29 is 42.9 Å². The summed E-state index contributed by atoms with van der Waals surface area (Å²) in [7, 11) is 0. The molecule has 1 saturated heterocycles. The summed E-state index contributed by atoms with van der Waals surface area (Å²) in [5, 5.41) is 0. The average Bonchev–Trinajstić information content (AvgIpc) is 3.34. The van der Waals surface area contributed by atoms with E-state index in [1.54, 1.807) is 27.7 Å². The zero-order valence-electron chi connectivity index (χ0n) is 25.9. The molecule has 0 bridgehead atoms. The van der Waals surface area contributed by atoms with Gasteiger partial charge in [-0.1, -0.05) is 23.3 Å². The third-order valence-electron chi connectivity index (χ3n) is 5.15. The van der Waals surface area contributed by atoms with E-state index in [0.29, 0.717) is 6.42 Å². The second kappa shape index (κ2) is 19.3. The summed E-state index contributed by atoms with van der Waals surface area (Å²) >= 11 is 0. The molecule has 0 radical (unpaired) electrons. The molecule has 0 saturated carbocycles. The van der Waals surface area contributed by atoms with Crippen molar-refractivity contribution in [2.75, 3.05) is 13.2 Å². The fourth-order valence-corrected chi connectivity index (χ4v) is 2.96. The van der Waals surface area contributed by atoms with Crippen LogP contribution in [0, 0.1) is 0 Å². The minimum Gasteiger partial charge on any atom is -0.457 e. The highest BCUT2D eigenvalue weighted by atomic mass is 16.6. The normalized spacial score (nSPS) is 15.1. The van der Waals surface area contributed by atoms with Gasteiger partial charge in [0.15, 0.2) is 17.2 Å². The molecule has 39 heavy (non-hydrogen) atoms. The predicted octanol–water partition coefficient (Wildman–Crippen LogP) is 5.63. The number of hydrogen-bond donors (Lipinski definition) is 0. The highest BCUT2D eigenvalue weighted by Gasteiger charge is 2.32. The van der Waals surface area contributed by atoms with E-state index in [4.69, 9.17) is 14.2 Å². The average molecular weight is 555 g/mol. The predicted molar refractivity (Wildman–Crippen MR) is 150 cm³/mol. The van der Waals surface area contributed by atoms with Crippen LogP contribution in [0.1, 0.15) is 108 Å². The minimum absolute atomic E-state index is 0.129. The van der Waals surface area contributed by atoms with Crippen molar-refractivity contribution >= 4 is 29.5 Å². The first kappa shape index (κ1) is 38.3. The van der Waals surface area contributed by atoms with Gasteiger partial charge in [-0.25, -0.2) is 4.79 Å². The first-order chi connectivity index (χ1) is 17.8. The van der Waals surface area contributed by atoms with Crippen LogP contribution in [-0.2, 0) is 42.9 Å². The number of esters is 3. The summed E-state index contributed by atoms with van der Waals surface area (Å²) in [6, 6.07) is 0. The molecule has 0 N–H and O–H groups in total. The smallest absolute Gasteiger partial charge is 0.355 e. The van der Waals surface area contributed by atoms with Crippen LogP contribution in [-0.4, -0.2) is 60.0 Å². The highest BCUT2D eigenvalue weighted by molar-refractivity contribution is 6.02. The maximum atomic E-state index is 11.6. The van der Waals surface area contributed by atoms with Crippen molar-refractivity contribution in [2.24, 2.45) is 0 Å². The van der Waals surface area contributed by atoms with Crippen molar-refractivity contribution in [3.63, 3.8) is 0 Å². The number of carbonyl (C=O) groups excluding carboxylic acids is 5. The van der Waals surface area contributed by atoms with Crippen molar-refractivity contribution in [1.29, 1.82) is 0 Å². The van der Waals surface area contributed by atoms with Crippen molar-refractivity contribution in [3.05, 3.63) is 23.3 Å². The van der Waals surface area contributed by atoms with Crippen LogP contribution < -0.4 is 0 Å². The van der Waals surface area contributed by atoms with E-state index in [9.17, 15) is 24.0 Å². The molecule has 2 unspecified atom stereocenters. The van der Waals surface area contributed by atoms with Crippen molar-refractivity contribution in [3.8, 4) is 0 Å². The van der Waals surface area contributed by atoms with Crippen LogP contribution in [0.5, 0.6) is 0 Å². The molecule has 0 spiro atoms. The van der Waals surface area contributed by atoms with Crippen molar-refractivity contribution in [2.45, 2.75) is 126 Å². The largest absolute Gasteiger partial charge is 0.457 e. The van der Waals surface area contributed by atoms with Crippen LogP contribution in [0.4, 0.5) is 0 Å². The standard InChI is InChI=1S/C16H26O3.C10H16O5.C4H8O/c1-12(2)8-7-9-13(3)10-11-16(6,14(4)17)19-15(5)18;1-6(11)8(14-7(2)12)9(13)15-10(3,4)5;1-2-4-5-3-1/h8,10H,7,9,11H2,1-6H3;8H,1-5H3;1-4H2/b13-10-;;. The van der Waals surface area contributed by atoms with E-state index in [-0.39, 0.29) is 5.78 Å². The first-order valence-corrected chi connectivity index (χ1v) is 13.3. The zero-order valence-corrected chi connectivity index (χ0v) is 25.9. The monoisotopic (exact) mass is 554 g/mol. The third-order valence-corrected chi connectivity index (χ3v) is 5.15. The lowest BCUT2D eigenvalue weighted by Crippen LogP contribution is -2.38. The maximum absolute atomic E-state index is 11.6. The maximum Gasteiger partial charge on any atom is 0.355 e. The summed E-state index contributed by atoms with van der Waals surface area (Å²) in [6.45, 7) is 19.9. The topological polar surface area (TPSA) is 122 Å². The van der Waals surface area contributed by atoms with E-state index in [0.717, 1.165) is 39.9 Å². The Kier molecular flexibility index (Phi) is 19.0. The number of carbonyl (C=O) groups is 5. The van der Waals surface area contributed by atoms with E-state index in [1.165, 1.54) is 37.8 Å². The van der Waals surface area contributed by atoms with Gasteiger partial charge in [-0.15, -0.1) is 0 Å². The van der Waals surface area contributed by atoms with Crippen LogP contribution in [0.2, 0.25) is 0 Å². The summed E-state index contributed by atoms with van der Waals surface area (Å²) in [6.07, 6.45) is 7.66. The summed E-state index contributed by atoms with van der Waals surface area (Å²) in [5.41, 5.74) is 0.757. The fourth-order valence-electron chi connectivity index (χ4n) is 2.96. The van der Waals surface area contributed by atoms with Gasteiger partial charge in [-0.2, -0.15) is 0 Å². The van der Waals surface area contributed by atoms with Gasteiger partial charge in [0.25, 0.3) is 6.10 Å². The van der Waals surface area contributed by atoms with Gasteiger partial charge < -0.3 is 18.9 Å². The van der Waals surface area contributed by atoms with E-state index in [2.05, 4.69) is 24.7 Å². The molecule has 224 valence electrons. The van der Waals surface area contributed by atoms with E-state index in [1.807, 2.05) is 13.0 Å². The van der Waals surface area contributed by atoms with Gasteiger partial charge in [0, 0.05) is 33.5 Å². The number of allylic oxidation sites excluding steroid dienone is 3. The van der Waals surface area contributed by atoms with Gasteiger partial charge in [-0.05, 0) is 88.0 Å². The van der Waals surface area contributed by atoms with Crippen LogP contribution in [0.15, 0.2) is 23.3 Å². The molecule has 1 fully saturated rings. The number of ether oxygens (including phenoxy) is 4. The van der Waals surface area contributed by atoms with Gasteiger partial charge in [0.1, 0.15) is 5.60 Å². The second-order valence-electron chi connectivity index (χ2n) is 10.9. The van der Waals surface area contributed by atoms with E-state index >= 15 is 0 Å². The Morgan fingerprint density at radius 2 is 1.33 bits per heavy atom. The number of rotatable bonds is 10. The molecule has 9 nitrogen and oxygen atoms in total. The number of Topliss-reactive ketones (excluding diaryl/α,β-unsaturated/α-hetero) is 2. The zero-order chi connectivity index (χ0) is 30.8. The lowest BCUT2D eigenvalue weighted by atomic mass is 9.95. The Labute approximate surface area is 234 Å². The van der Waals surface area contributed by atoms with Crippen LogP contribution in [0.25, 0.3) is 0 Å². The molecule has 0 aromatic carbocycles. The fraction of sp³-hybridized carbons (Fsp3) is 0.700. The molecule has 0 amide bonds. The Bertz CT molecular complexity index is 862. The molecule has 0 aromatic heterocycles. The van der Waals surface area contributed by atoms with E-state index < -0.39 is 41.0 Å². The lowest BCUT2D eigenvalue weighted by Gasteiger charge is -2.25. The van der Waals surface area contributed by atoms with Gasteiger partial charge in [0.2, 0.25) is 0 Å². The third kappa shape index (κ3) is 21.8. The van der Waals surface area contributed by atoms with Gasteiger partial charge in [0.05, 0.1) is 0 Å². The van der Waals surface area contributed by atoms with Crippen molar-refractivity contribution in [1.82, 2.24) is 0 Å². The summed E-state index contributed by atoms with van der Waals surface area (Å²) < 4.78 is 19.6. The second-order valence-corrected chi connectivity index (χ2v) is 10.9. The molecule has 1 aliphatic heterocycles. The Balaban J connectivity index is 0. The van der Waals surface area contributed by atoms with Gasteiger partial charge in [-0.3, -0.25) is 19.2 Å². The quantitative estimate of drug-likeness (QED) is 0.146. The van der Waals surface area contributed by atoms with Crippen LogP contribution >= 0.6 is 0 Å². The molecule has 1 aliphatic rings. The molecular formula is C30H50O9. The highest BCUT2D eigenvalue weighted by Crippen LogP contribution is 2.20. The molecular weight excluding hydrogens is 504 g/mol.